The summed E-state index contributed by atoms with van der Waals surface area (Å²) >= 11 is 0. The van der Waals surface area contributed by atoms with Crippen LogP contribution in [-0.2, 0) is 0 Å². The highest BCUT2D eigenvalue weighted by atomic mass is 19.1. The Morgan fingerprint density at radius 2 is 2.00 bits per heavy atom. The third-order valence-electron chi connectivity index (χ3n) is 2.04. The SMILES string of the molecule is O=C(O)c1ccnc(-c2cc(F)ccc2F)n1. The van der Waals surface area contributed by atoms with E-state index in [1.54, 1.807) is 0 Å². The maximum Gasteiger partial charge on any atom is 0.354 e. The van der Waals surface area contributed by atoms with Crippen LogP contribution in [0.15, 0.2) is 30.5 Å². The largest absolute Gasteiger partial charge is 0.477 e. The molecule has 4 nitrogen and oxygen atoms in total. The standard InChI is InChI=1S/C11H6F2N2O2/c12-6-1-2-8(13)7(5-6)10-14-4-3-9(15-10)11(16)17/h1-5H,(H,16,17). The minimum Gasteiger partial charge on any atom is -0.477 e. The first kappa shape index (κ1) is 11.1. The molecular weight excluding hydrogens is 230 g/mol. The van der Waals surface area contributed by atoms with E-state index in [9.17, 15) is 13.6 Å². The molecule has 86 valence electrons. The van der Waals surface area contributed by atoms with Crippen molar-refractivity contribution in [1.29, 1.82) is 0 Å². The van der Waals surface area contributed by atoms with Crippen molar-refractivity contribution in [3.8, 4) is 11.4 Å². The number of carboxylic acid groups (broad SMARTS) is 1. The van der Waals surface area contributed by atoms with E-state index in [1.807, 2.05) is 0 Å². The molecule has 0 bridgehead atoms. The van der Waals surface area contributed by atoms with Gasteiger partial charge in [-0.3, -0.25) is 0 Å². The Hall–Kier alpha value is -2.37. The van der Waals surface area contributed by atoms with Gasteiger partial charge in [0.15, 0.2) is 11.5 Å². The summed E-state index contributed by atoms with van der Waals surface area (Å²) in [6, 6.07) is 3.97. The lowest BCUT2D eigenvalue weighted by Gasteiger charge is -2.02. The molecule has 0 amide bonds. The summed E-state index contributed by atoms with van der Waals surface area (Å²) in [6.45, 7) is 0. The molecule has 0 spiro atoms. The van der Waals surface area contributed by atoms with E-state index < -0.39 is 17.6 Å². The monoisotopic (exact) mass is 236 g/mol. The van der Waals surface area contributed by atoms with Crippen molar-refractivity contribution in [1.82, 2.24) is 9.97 Å². The van der Waals surface area contributed by atoms with Crippen molar-refractivity contribution in [3.05, 3.63) is 47.8 Å². The fourth-order valence-electron chi connectivity index (χ4n) is 1.28. The Morgan fingerprint density at radius 1 is 1.24 bits per heavy atom. The number of carbonyl (C=O) groups is 1. The fourth-order valence-corrected chi connectivity index (χ4v) is 1.28. The van der Waals surface area contributed by atoms with Crippen LogP contribution in [0, 0.1) is 11.6 Å². The summed E-state index contributed by atoms with van der Waals surface area (Å²) in [5.41, 5.74) is -0.452. The molecule has 1 aromatic heterocycles. The lowest BCUT2D eigenvalue weighted by atomic mass is 10.2. The van der Waals surface area contributed by atoms with E-state index in [0.717, 1.165) is 18.2 Å². The van der Waals surface area contributed by atoms with Gasteiger partial charge in [-0.15, -0.1) is 0 Å². The second kappa shape index (κ2) is 4.25. The Kier molecular flexibility index (Phi) is 2.78. The molecule has 0 aliphatic heterocycles. The number of aromatic carboxylic acids is 1. The molecule has 0 aliphatic rings. The van der Waals surface area contributed by atoms with Gasteiger partial charge in [0.05, 0.1) is 5.56 Å². The van der Waals surface area contributed by atoms with Gasteiger partial charge in [0.1, 0.15) is 11.6 Å². The highest BCUT2D eigenvalue weighted by Gasteiger charge is 2.12. The number of nitrogens with zero attached hydrogens (tertiary/aromatic N) is 2. The van der Waals surface area contributed by atoms with Crippen LogP contribution in [-0.4, -0.2) is 21.0 Å². The second-order valence-electron chi connectivity index (χ2n) is 3.19. The normalized spacial score (nSPS) is 10.2. The first-order valence-corrected chi connectivity index (χ1v) is 4.59. The molecule has 1 heterocycles. The minimum absolute atomic E-state index is 0.165. The van der Waals surface area contributed by atoms with Crippen LogP contribution in [0.5, 0.6) is 0 Å². The van der Waals surface area contributed by atoms with Crippen LogP contribution < -0.4 is 0 Å². The Labute approximate surface area is 94.6 Å². The number of carboxylic acids is 1. The molecule has 0 radical (unpaired) electrons. The van der Waals surface area contributed by atoms with Crippen LogP contribution in [0.4, 0.5) is 8.78 Å². The van der Waals surface area contributed by atoms with Gasteiger partial charge in [-0.2, -0.15) is 0 Å². The van der Waals surface area contributed by atoms with E-state index in [-0.39, 0.29) is 17.1 Å². The Morgan fingerprint density at radius 3 is 2.71 bits per heavy atom. The van der Waals surface area contributed by atoms with Crippen LogP contribution in [0.2, 0.25) is 0 Å². The molecule has 0 fully saturated rings. The number of hydrogen-bond donors (Lipinski definition) is 1. The predicted octanol–water partition coefficient (Wildman–Crippen LogP) is 2.12. The van der Waals surface area contributed by atoms with Crippen LogP contribution in [0.1, 0.15) is 10.5 Å². The molecule has 0 aliphatic carbocycles. The van der Waals surface area contributed by atoms with Gasteiger partial charge in [0.25, 0.3) is 0 Å². The van der Waals surface area contributed by atoms with Crippen molar-refractivity contribution >= 4 is 5.97 Å². The molecule has 1 N–H and O–H groups in total. The molecule has 0 saturated heterocycles. The van der Waals surface area contributed by atoms with Gasteiger partial charge in [0, 0.05) is 6.20 Å². The Bertz CT molecular complexity index is 587. The van der Waals surface area contributed by atoms with Crippen molar-refractivity contribution in [2.45, 2.75) is 0 Å². The molecule has 0 saturated carbocycles. The van der Waals surface area contributed by atoms with Gasteiger partial charge in [-0.1, -0.05) is 0 Å². The Balaban J connectivity index is 2.56. The zero-order valence-corrected chi connectivity index (χ0v) is 8.39. The van der Waals surface area contributed by atoms with Crippen molar-refractivity contribution < 1.29 is 18.7 Å². The molecule has 0 atom stereocenters. The maximum absolute atomic E-state index is 13.4. The van der Waals surface area contributed by atoms with Crippen molar-refractivity contribution in [3.63, 3.8) is 0 Å². The summed E-state index contributed by atoms with van der Waals surface area (Å²) in [4.78, 5) is 18.0. The van der Waals surface area contributed by atoms with E-state index in [4.69, 9.17) is 5.11 Å². The zero-order valence-electron chi connectivity index (χ0n) is 8.39. The quantitative estimate of drug-likeness (QED) is 0.867. The topological polar surface area (TPSA) is 63.1 Å². The third-order valence-corrected chi connectivity index (χ3v) is 2.04. The lowest BCUT2D eigenvalue weighted by Crippen LogP contribution is -2.03. The molecule has 2 aromatic rings. The van der Waals surface area contributed by atoms with Gasteiger partial charge in [-0.25, -0.2) is 23.5 Å². The highest BCUT2D eigenvalue weighted by Crippen LogP contribution is 2.20. The number of aromatic nitrogens is 2. The van der Waals surface area contributed by atoms with E-state index in [1.165, 1.54) is 12.3 Å². The number of benzene rings is 1. The number of rotatable bonds is 2. The van der Waals surface area contributed by atoms with Gasteiger partial charge >= 0.3 is 5.97 Å². The third kappa shape index (κ3) is 2.25. The van der Waals surface area contributed by atoms with E-state index in [2.05, 4.69) is 9.97 Å². The lowest BCUT2D eigenvalue weighted by molar-refractivity contribution is 0.0690. The molecule has 0 unspecified atom stereocenters. The summed E-state index contributed by atoms with van der Waals surface area (Å²) in [7, 11) is 0. The summed E-state index contributed by atoms with van der Waals surface area (Å²) < 4.78 is 26.3. The predicted molar refractivity (Wildman–Crippen MR) is 54.3 cm³/mol. The first-order valence-electron chi connectivity index (χ1n) is 4.59. The maximum atomic E-state index is 13.4. The average molecular weight is 236 g/mol. The molecule has 2 rings (SSSR count). The molecule has 17 heavy (non-hydrogen) atoms. The average Bonchev–Trinajstić information content (AvgIpc) is 2.32. The highest BCUT2D eigenvalue weighted by molar-refractivity contribution is 5.85. The zero-order chi connectivity index (χ0) is 12.4. The van der Waals surface area contributed by atoms with Gasteiger partial charge in [0.2, 0.25) is 0 Å². The van der Waals surface area contributed by atoms with Gasteiger partial charge in [-0.05, 0) is 24.3 Å². The van der Waals surface area contributed by atoms with Crippen LogP contribution in [0.3, 0.4) is 0 Å². The van der Waals surface area contributed by atoms with Crippen molar-refractivity contribution in [2.75, 3.05) is 0 Å². The molecular formula is C11H6F2N2O2. The van der Waals surface area contributed by atoms with Crippen molar-refractivity contribution in [2.24, 2.45) is 0 Å². The van der Waals surface area contributed by atoms with E-state index in [0.29, 0.717) is 0 Å². The summed E-state index contributed by atoms with van der Waals surface area (Å²) in [5.74, 6) is -2.79. The smallest absolute Gasteiger partial charge is 0.354 e. The van der Waals surface area contributed by atoms with Crippen LogP contribution in [0.25, 0.3) is 11.4 Å². The van der Waals surface area contributed by atoms with Crippen LogP contribution >= 0.6 is 0 Å². The summed E-state index contributed by atoms with van der Waals surface area (Å²) in [6.07, 6.45) is 1.18. The van der Waals surface area contributed by atoms with E-state index >= 15 is 0 Å². The molecule has 6 heteroatoms. The second-order valence-corrected chi connectivity index (χ2v) is 3.19. The fraction of sp³-hybridized carbons (Fsp3) is 0. The number of halogens is 2. The minimum atomic E-state index is -1.26. The summed E-state index contributed by atoms with van der Waals surface area (Å²) in [5, 5.41) is 8.72. The molecule has 1 aromatic carbocycles. The number of hydrogen-bond acceptors (Lipinski definition) is 3. The van der Waals surface area contributed by atoms with Gasteiger partial charge < -0.3 is 5.11 Å². The first-order chi connectivity index (χ1) is 8.08.